The van der Waals surface area contributed by atoms with Crippen LogP contribution in [-0.2, 0) is 0 Å². The van der Waals surface area contributed by atoms with Gasteiger partial charge in [-0.25, -0.2) is 0 Å². The molecule has 2 aromatic heterocycles. The van der Waals surface area contributed by atoms with E-state index in [0.29, 0.717) is 28.3 Å². The van der Waals surface area contributed by atoms with Crippen LogP contribution in [0.5, 0.6) is 5.75 Å². The van der Waals surface area contributed by atoms with Crippen LogP contribution in [0, 0.1) is 0 Å². The van der Waals surface area contributed by atoms with Crippen LogP contribution >= 0.6 is 34.3 Å². The van der Waals surface area contributed by atoms with Gasteiger partial charge in [-0.15, -0.1) is 22.7 Å². The molecule has 38 heavy (non-hydrogen) atoms. The summed E-state index contributed by atoms with van der Waals surface area (Å²) in [5.41, 5.74) is 1.30. The van der Waals surface area contributed by atoms with E-state index in [9.17, 15) is 9.59 Å². The van der Waals surface area contributed by atoms with Gasteiger partial charge in [0.25, 0.3) is 0 Å². The monoisotopic (exact) mass is 558 g/mol. The molecule has 0 fully saturated rings. The maximum Gasteiger partial charge on any atom is 0.197 e. The fourth-order valence-electron chi connectivity index (χ4n) is 4.52. The van der Waals surface area contributed by atoms with Gasteiger partial charge in [-0.1, -0.05) is 68.8 Å². The Morgan fingerprint density at radius 1 is 0.737 bits per heavy atom. The zero-order chi connectivity index (χ0) is 26.8. The van der Waals surface area contributed by atoms with Crippen LogP contribution < -0.4 is 15.6 Å². The predicted molar refractivity (Wildman–Crippen MR) is 166 cm³/mol. The first-order valence-corrected chi connectivity index (χ1v) is 14.6. The van der Waals surface area contributed by atoms with Gasteiger partial charge < -0.3 is 4.74 Å². The van der Waals surface area contributed by atoms with Gasteiger partial charge in [0.15, 0.2) is 10.9 Å². The molecule has 4 aromatic carbocycles. The first-order valence-electron chi connectivity index (χ1n) is 12.6. The number of halogens is 1. The lowest BCUT2D eigenvalue weighted by atomic mass is 9.98. The van der Waals surface area contributed by atoms with Crippen LogP contribution in [0.2, 0.25) is 5.02 Å². The minimum atomic E-state index is -0.0266. The molecular formula is C32H27ClO3S2. The Bertz CT molecular complexity index is 1900. The third kappa shape index (κ3) is 4.94. The highest BCUT2D eigenvalue weighted by molar-refractivity contribution is 7.25. The fraction of sp³-hybridized carbons (Fsp3) is 0.188. The minimum Gasteiger partial charge on any atom is -0.492 e. The molecule has 0 N–H and O–H groups in total. The summed E-state index contributed by atoms with van der Waals surface area (Å²) in [6.07, 6.45) is 0.923. The standard InChI is InChI=1S/C16H13ClO2S.C16H14OS/c1-2-9-19-12-8-7-11(17)14-15(18)10-5-3-4-6-13(10)20-16(12)14;1-10(2)11-7-5-9-14-15(11)16(17)12-6-3-4-8-13(12)18-14/h3-8H,2,9H2,1H3;3-10H,1-2H3. The van der Waals surface area contributed by atoms with Crippen molar-refractivity contribution in [3.63, 3.8) is 0 Å². The van der Waals surface area contributed by atoms with E-state index in [1.165, 1.54) is 0 Å². The summed E-state index contributed by atoms with van der Waals surface area (Å²) in [6.45, 7) is 6.95. The van der Waals surface area contributed by atoms with Crippen LogP contribution in [0.15, 0.2) is 88.5 Å². The van der Waals surface area contributed by atoms with Gasteiger partial charge in [0.05, 0.1) is 21.7 Å². The molecule has 0 bridgehead atoms. The highest BCUT2D eigenvalue weighted by Gasteiger charge is 2.14. The Morgan fingerprint density at radius 2 is 1.34 bits per heavy atom. The molecular weight excluding hydrogens is 532 g/mol. The summed E-state index contributed by atoms with van der Waals surface area (Å²) < 4.78 is 9.67. The highest BCUT2D eigenvalue weighted by Crippen LogP contribution is 2.36. The highest BCUT2D eigenvalue weighted by atomic mass is 35.5. The van der Waals surface area contributed by atoms with Crippen molar-refractivity contribution in [1.29, 1.82) is 0 Å². The lowest BCUT2D eigenvalue weighted by molar-refractivity contribution is 0.321. The topological polar surface area (TPSA) is 43.4 Å². The minimum absolute atomic E-state index is 0.0266. The number of fused-ring (bicyclic) bond motifs is 4. The third-order valence-corrected chi connectivity index (χ3v) is 9.00. The van der Waals surface area contributed by atoms with E-state index in [2.05, 4.69) is 26.8 Å². The molecule has 0 aliphatic carbocycles. The zero-order valence-electron chi connectivity index (χ0n) is 21.4. The van der Waals surface area contributed by atoms with Gasteiger partial charge in [-0.2, -0.15) is 0 Å². The van der Waals surface area contributed by atoms with Crippen molar-refractivity contribution in [2.24, 2.45) is 0 Å². The lowest BCUT2D eigenvalue weighted by Gasteiger charge is -2.09. The first-order chi connectivity index (χ1) is 18.4. The SMILES string of the molecule is CC(C)c1cccc2sc3ccccc3c(=O)c12.CCCOc1ccc(Cl)c2c(=O)c3ccccc3sc12. The van der Waals surface area contributed by atoms with Gasteiger partial charge in [0.1, 0.15) is 5.75 Å². The van der Waals surface area contributed by atoms with Crippen LogP contribution in [0.1, 0.15) is 38.7 Å². The van der Waals surface area contributed by atoms with E-state index in [1.807, 2.05) is 66.7 Å². The summed E-state index contributed by atoms with van der Waals surface area (Å²) >= 11 is 9.46. The number of hydrogen-bond acceptors (Lipinski definition) is 5. The average molecular weight is 559 g/mol. The second-order valence-electron chi connectivity index (χ2n) is 9.33. The quantitative estimate of drug-likeness (QED) is 0.202. The van der Waals surface area contributed by atoms with Gasteiger partial charge >= 0.3 is 0 Å². The summed E-state index contributed by atoms with van der Waals surface area (Å²) in [5, 5.41) is 3.48. The van der Waals surface area contributed by atoms with E-state index in [1.54, 1.807) is 28.7 Å². The molecule has 0 aliphatic heterocycles. The lowest BCUT2D eigenvalue weighted by Crippen LogP contribution is -2.05. The number of hydrogen-bond donors (Lipinski definition) is 0. The number of benzene rings is 4. The number of rotatable bonds is 4. The van der Waals surface area contributed by atoms with Crippen LogP contribution in [0.25, 0.3) is 40.3 Å². The molecule has 0 saturated heterocycles. The van der Waals surface area contributed by atoms with Crippen LogP contribution in [0.3, 0.4) is 0 Å². The van der Waals surface area contributed by atoms with Gasteiger partial charge in [-0.05, 0) is 60.4 Å². The molecule has 192 valence electrons. The maximum absolute atomic E-state index is 12.6. The van der Waals surface area contributed by atoms with Crippen molar-refractivity contribution in [3.05, 3.63) is 110 Å². The van der Waals surface area contributed by atoms with Crippen LogP contribution in [0.4, 0.5) is 0 Å². The van der Waals surface area contributed by atoms with E-state index in [-0.39, 0.29) is 10.9 Å². The van der Waals surface area contributed by atoms with Crippen molar-refractivity contribution in [1.82, 2.24) is 0 Å². The maximum atomic E-state index is 12.6. The largest absolute Gasteiger partial charge is 0.492 e. The molecule has 3 nitrogen and oxygen atoms in total. The van der Waals surface area contributed by atoms with E-state index in [4.69, 9.17) is 16.3 Å². The number of ether oxygens (including phenoxy) is 1. The Labute approximate surface area is 233 Å². The van der Waals surface area contributed by atoms with E-state index < -0.39 is 0 Å². The van der Waals surface area contributed by atoms with E-state index in [0.717, 1.165) is 47.3 Å². The van der Waals surface area contributed by atoms with Crippen molar-refractivity contribution in [3.8, 4) is 5.75 Å². The molecule has 0 radical (unpaired) electrons. The fourth-order valence-corrected chi connectivity index (χ4v) is 7.10. The normalized spacial score (nSPS) is 11.3. The second kappa shape index (κ2) is 11.2. The molecule has 0 atom stereocenters. The van der Waals surface area contributed by atoms with Crippen molar-refractivity contribution in [2.45, 2.75) is 33.1 Å². The summed E-state index contributed by atoms with van der Waals surface area (Å²) in [7, 11) is 0. The van der Waals surface area contributed by atoms with E-state index >= 15 is 0 Å². The zero-order valence-corrected chi connectivity index (χ0v) is 23.8. The first kappa shape index (κ1) is 26.4. The third-order valence-electron chi connectivity index (χ3n) is 6.36. The molecule has 6 rings (SSSR count). The Morgan fingerprint density at radius 3 is 2.00 bits per heavy atom. The smallest absolute Gasteiger partial charge is 0.197 e. The molecule has 0 amide bonds. The molecule has 2 heterocycles. The van der Waals surface area contributed by atoms with Crippen molar-refractivity contribution in [2.75, 3.05) is 6.61 Å². The van der Waals surface area contributed by atoms with Crippen molar-refractivity contribution >= 4 is 74.6 Å². The summed E-state index contributed by atoms with van der Waals surface area (Å²) in [5.74, 6) is 1.11. The van der Waals surface area contributed by atoms with Crippen molar-refractivity contribution < 1.29 is 4.74 Å². The van der Waals surface area contributed by atoms with Gasteiger partial charge in [0.2, 0.25) is 0 Å². The summed E-state index contributed by atoms with van der Waals surface area (Å²) in [6, 6.07) is 25.2. The molecule has 6 heteroatoms. The Kier molecular flexibility index (Phi) is 7.80. The second-order valence-corrected chi connectivity index (χ2v) is 11.9. The predicted octanol–water partition coefficient (Wildman–Crippen LogP) is 9.39. The Balaban J connectivity index is 0.000000156. The van der Waals surface area contributed by atoms with Gasteiger partial charge in [-0.3, -0.25) is 9.59 Å². The molecule has 6 aromatic rings. The van der Waals surface area contributed by atoms with Gasteiger partial charge in [0, 0.05) is 30.3 Å². The molecule has 0 unspecified atom stereocenters. The van der Waals surface area contributed by atoms with Crippen LogP contribution in [-0.4, -0.2) is 6.61 Å². The molecule has 0 aliphatic rings. The molecule has 0 saturated carbocycles. The molecule has 0 spiro atoms. The summed E-state index contributed by atoms with van der Waals surface area (Å²) in [4.78, 5) is 25.2. The Hall–Kier alpha value is -3.25. The average Bonchev–Trinajstić information content (AvgIpc) is 2.93.